The van der Waals surface area contributed by atoms with Crippen molar-refractivity contribution in [2.24, 2.45) is 0 Å². The van der Waals surface area contributed by atoms with Crippen molar-refractivity contribution in [2.45, 2.75) is 58.7 Å². The van der Waals surface area contributed by atoms with E-state index in [1.165, 1.54) is 30.7 Å². The Hall–Kier alpha value is -3.66. The number of aryl methyl sites for hydroxylation is 2. The first-order valence-electron chi connectivity index (χ1n) is 12.5. The van der Waals surface area contributed by atoms with E-state index in [1.807, 2.05) is 19.1 Å². The van der Waals surface area contributed by atoms with E-state index in [0.717, 1.165) is 43.4 Å². The maximum atomic E-state index is 15.0. The molecule has 7 heteroatoms. The molecular formula is C31H28F6O. The van der Waals surface area contributed by atoms with Gasteiger partial charge in [-0.25, -0.2) is 13.2 Å². The predicted octanol–water partition coefficient (Wildman–Crippen LogP) is 9.57. The van der Waals surface area contributed by atoms with Crippen LogP contribution in [-0.2, 0) is 12.8 Å². The standard InChI is InChI=1S/C31H28F6O/c1-3-5-6-7-8-21-9-14-25(15-10-21)29(33)30(34)26-17-16-24(23(4-2)20-26)13-11-22-12-18-28(27(32)19-22)38-31(35,36)37/h9-10,12,14-20H,3-8H2,1-2H3. The molecule has 0 atom stereocenters. The number of alkyl halides is 3. The summed E-state index contributed by atoms with van der Waals surface area (Å²) >= 11 is 0. The second-order valence-electron chi connectivity index (χ2n) is 8.80. The lowest BCUT2D eigenvalue weighted by Crippen LogP contribution is -2.17. The van der Waals surface area contributed by atoms with E-state index in [1.54, 1.807) is 12.1 Å². The molecule has 0 aromatic heterocycles. The molecule has 0 N–H and O–H groups in total. The van der Waals surface area contributed by atoms with E-state index in [4.69, 9.17) is 0 Å². The van der Waals surface area contributed by atoms with Gasteiger partial charge in [-0.2, -0.15) is 0 Å². The fourth-order valence-electron chi connectivity index (χ4n) is 3.90. The molecule has 0 heterocycles. The lowest BCUT2D eigenvalue weighted by atomic mass is 9.99. The number of ether oxygens (including phenoxy) is 1. The lowest BCUT2D eigenvalue weighted by Gasteiger charge is -2.09. The average molecular weight is 531 g/mol. The van der Waals surface area contributed by atoms with E-state index in [-0.39, 0.29) is 16.7 Å². The molecule has 1 nitrogen and oxygen atoms in total. The summed E-state index contributed by atoms with van der Waals surface area (Å²) in [6.45, 7) is 3.97. The smallest absolute Gasteiger partial charge is 0.403 e. The van der Waals surface area contributed by atoms with Crippen molar-refractivity contribution in [1.29, 1.82) is 0 Å². The third-order valence-electron chi connectivity index (χ3n) is 5.96. The largest absolute Gasteiger partial charge is 0.573 e. The normalized spacial score (nSPS) is 12.0. The summed E-state index contributed by atoms with van der Waals surface area (Å²) in [5.74, 6) is 1.41. The Morgan fingerprint density at radius 3 is 2.11 bits per heavy atom. The van der Waals surface area contributed by atoms with E-state index in [9.17, 15) is 22.0 Å². The summed E-state index contributed by atoms with van der Waals surface area (Å²) in [7, 11) is 0. The van der Waals surface area contributed by atoms with Gasteiger partial charge in [0.1, 0.15) is 0 Å². The van der Waals surface area contributed by atoms with Crippen LogP contribution < -0.4 is 4.74 Å². The predicted molar refractivity (Wildman–Crippen MR) is 138 cm³/mol. The molecule has 0 amide bonds. The van der Waals surface area contributed by atoms with Crippen molar-refractivity contribution in [2.75, 3.05) is 0 Å². The Labute approximate surface area is 219 Å². The van der Waals surface area contributed by atoms with Gasteiger partial charge < -0.3 is 4.74 Å². The van der Waals surface area contributed by atoms with Crippen LogP contribution in [0.25, 0.3) is 11.7 Å². The maximum Gasteiger partial charge on any atom is 0.573 e. The van der Waals surface area contributed by atoms with Crippen molar-refractivity contribution < 1.29 is 31.1 Å². The zero-order valence-corrected chi connectivity index (χ0v) is 21.2. The highest BCUT2D eigenvalue weighted by Gasteiger charge is 2.32. The minimum absolute atomic E-state index is 0.0632. The van der Waals surface area contributed by atoms with Crippen molar-refractivity contribution in [1.82, 2.24) is 0 Å². The van der Waals surface area contributed by atoms with E-state index in [0.29, 0.717) is 17.5 Å². The van der Waals surface area contributed by atoms with Crippen LogP contribution in [0.4, 0.5) is 26.3 Å². The summed E-state index contributed by atoms with van der Waals surface area (Å²) in [6, 6.07) is 14.1. The Balaban J connectivity index is 1.78. The lowest BCUT2D eigenvalue weighted by molar-refractivity contribution is -0.275. The fourth-order valence-corrected chi connectivity index (χ4v) is 3.90. The Kier molecular flexibility index (Phi) is 10.1. The third kappa shape index (κ3) is 8.17. The number of rotatable bonds is 9. The summed E-state index contributed by atoms with van der Waals surface area (Å²) in [4.78, 5) is 0. The van der Waals surface area contributed by atoms with Crippen molar-refractivity contribution in [3.63, 3.8) is 0 Å². The Morgan fingerprint density at radius 2 is 1.47 bits per heavy atom. The van der Waals surface area contributed by atoms with Gasteiger partial charge >= 0.3 is 6.36 Å². The molecule has 0 aliphatic carbocycles. The minimum Gasteiger partial charge on any atom is -0.403 e. The molecule has 0 bridgehead atoms. The topological polar surface area (TPSA) is 9.23 Å². The van der Waals surface area contributed by atoms with Crippen molar-refractivity contribution in [3.05, 3.63) is 99.9 Å². The van der Waals surface area contributed by atoms with Gasteiger partial charge in [-0.1, -0.05) is 75.3 Å². The molecule has 3 aromatic carbocycles. The molecule has 200 valence electrons. The van der Waals surface area contributed by atoms with Crippen molar-refractivity contribution in [3.8, 4) is 17.6 Å². The zero-order chi connectivity index (χ0) is 27.7. The van der Waals surface area contributed by atoms with Crippen LogP contribution in [0.3, 0.4) is 0 Å². The van der Waals surface area contributed by atoms with Gasteiger partial charge in [0.2, 0.25) is 0 Å². The highest BCUT2D eigenvalue weighted by atomic mass is 19.4. The van der Waals surface area contributed by atoms with Gasteiger partial charge in [0.05, 0.1) is 0 Å². The van der Waals surface area contributed by atoms with Gasteiger partial charge in [0, 0.05) is 22.3 Å². The molecule has 0 radical (unpaired) electrons. The molecule has 38 heavy (non-hydrogen) atoms. The van der Waals surface area contributed by atoms with Gasteiger partial charge in [-0.15, -0.1) is 13.2 Å². The van der Waals surface area contributed by atoms with Crippen LogP contribution >= 0.6 is 0 Å². The average Bonchev–Trinajstić information content (AvgIpc) is 2.90. The van der Waals surface area contributed by atoms with E-state index >= 15 is 4.39 Å². The number of hydrogen-bond donors (Lipinski definition) is 0. The van der Waals surface area contributed by atoms with Gasteiger partial charge in [0.25, 0.3) is 0 Å². The van der Waals surface area contributed by atoms with Gasteiger partial charge in [0.15, 0.2) is 23.2 Å². The van der Waals surface area contributed by atoms with Crippen LogP contribution in [0.1, 0.15) is 72.9 Å². The summed E-state index contributed by atoms with van der Waals surface area (Å²) in [5.41, 5.74) is 2.58. The Morgan fingerprint density at radius 1 is 0.789 bits per heavy atom. The zero-order valence-electron chi connectivity index (χ0n) is 21.2. The van der Waals surface area contributed by atoms with Gasteiger partial charge in [-0.05, 0) is 60.7 Å². The number of hydrogen-bond acceptors (Lipinski definition) is 1. The van der Waals surface area contributed by atoms with Crippen LogP contribution in [0.2, 0.25) is 0 Å². The quantitative estimate of drug-likeness (QED) is 0.116. The molecule has 0 fully saturated rings. The molecule has 0 spiro atoms. The monoisotopic (exact) mass is 530 g/mol. The highest BCUT2D eigenvalue weighted by Crippen LogP contribution is 2.31. The first-order valence-corrected chi connectivity index (χ1v) is 12.5. The molecular weight excluding hydrogens is 502 g/mol. The molecule has 0 saturated carbocycles. The minimum atomic E-state index is -5.01. The Bertz CT molecular complexity index is 1330. The van der Waals surface area contributed by atoms with Crippen LogP contribution in [0.5, 0.6) is 5.75 Å². The van der Waals surface area contributed by atoms with Gasteiger partial charge in [-0.3, -0.25) is 0 Å². The molecule has 3 rings (SSSR count). The van der Waals surface area contributed by atoms with Crippen LogP contribution in [0, 0.1) is 17.7 Å². The first kappa shape index (κ1) is 28.9. The number of halogens is 6. The van der Waals surface area contributed by atoms with E-state index < -0.39 is 29.6 Å². The third-order valence-corrected chi connectivity index (χ3v) is 5.96. The second-order valence-corrected chi connectivity index (χ2v) is 8.80. The van der Waals surface area contributed by atoms with E-state index in [2.05, 4.69) is 23.5 Å². The van der Waals surface area contributed by atoms with Crippen LogP contribution in [-0.4, -0.2) is 6.36 Å². The molecule has 0 saturated heterocycles. The highest BCUT2D eigenvalue weighted by molar-refractivity contribution is 5.83. The second kappa shape index (κ2) is 13.2. The molecule has 3 aromatic rings. The summed E-state index contributed by atoms with van der Waals surface area (Å²) in [6.07, 6.45) is 0.882. The first-order chi connectivity index (χ1) is 18.1. The molecule has 0 unspecified atom stereocenters. The number of benzene rings is 3. The summed E-state index contributed by atoms with van der Waals surface area (Å²) < 4.78 is 84.5. The van der Waals surface area contributed by atoms with Crippen LogP contribution in [0.15, 0.2) is 60.7 Å². The molecule has 0 aliphatic heterocycles. The van der Waals surface area contributed by atoms with Crippen molar-refractivity contribution >= 4 is 11.7 Å². The fraction of sp³-hybridized carbons (Fsp3) is 0.290. The maximum absolute atomic E-state index is 15.0. The summed E-state index contributed by atoms with van der Waals surface area (Å²) in [5, 5.41) is 0. The number of unbranched alkanes of at least 4 members (excludes halogenated alkanes) is 3. The molecule has 0 aliphatic rings. The SMILES string of the molecule is CCCCCCc1ccc(C(F)=C(F)c2ccc(C#Cc3ccc(OC(F)(F)F)c(F)c3)c(CC)c2)cc1.